The van der Waals surface area contributed by atoms with Crippen LogP contribution in [0.1, 0.15) is 11.1 Å². The highest BCUT2D eigenvalue weighted by molar-refractivity contribution is 5.74. The monoisotopic (exact) mass is 369 g/mol. The molecule has 2 aromatic heterocycles. The van der Waals surface area contributed by atoms with Gasteiger partial charge in [-0.25, -0.2) is 4.79 Å². The highest BCUT2D eigenvalue weighted by atomic mass is 16.5. The lowest BCUT2D eigenvalue weighted by molar-refractivity contribution is 0.121. The molecule has 0 amide bonds. The van der Waals surface area contributed by atoms with Crippen LogP contribution >= 0.6 is 0 Å². The van der Waals surface area contributed by atoms with Gasteiger partial charge in [-0.2, -0.15) is 4.98 Å². The quantitative estimate of drug-likeness (QED) is 0.677. The van der Waals surface area contributed by atoms with Crippen molar-refractivity contribution in [1.29, 1.82) is 0 Å². The van der Waals surface area contributed by atoms with E-state index in [1.807, 2.05) is 11.5 Å². The molecule has 3 heterocycles. The molecule has 0 aliphatic carbocycles. The standard InChI is InChI=1S/C19H23N5O3/c1-13-4-6-14(7-5-13)12-24-15-16(21(2)19(26)22(3)17(15)25)20-18(24)23-8-10-27-11-9-23/h4-7H,8-12H2,1-3H3. The van der Waals surface area contributed by atoms with Gasteiger partial charge in [-0.1, -0.05) is 29.8 Å². The van der Waals surface area contributed by atoms with E-state index in [0.717, 1.165) is 10.1 Å². The molecule has 1 aromatic carbocycles. The number of aromatic nitrogens is 4. The molecule has 0 unspecified atom stereocenters. The zero-order valence-corrected chi connectivity index (χ0v) is 15.8. The Labute approximate surface area is 156 Å². The maximum absolute atomic E-state index is 12.9. The number of morpholine rings is 1. The van der Waals surface area contributed by atoms with Crippen LogP contribution in [0.25, 0.3) is 11.2 Å². The number of fused-ring (bicyclic) bond motifs is 1. The fraction of sp³-hybridized carbons (Fsp3) is 0.421. The normalized spacial score (nSPS) is 14.9. The Morgan fingerprint density at radius 1 is 1.04 bits per heavy atom. The molecule has 0 saturated carbocycles. The number of benzene rings is 1. The minimum absolute atomic E-state index is 0.327. The number of ether oxygens (including phenoxy) is 1. The summed E-state index contributed by atoms with van der Waals surface area (Å²) in [7, 11) is 3.15. The number of rotatable bonds is 3. The van der Waals surface area contributed by atoms with E-state index < -0.39 is 0 Å². The summed E-state index contributed by atoms with van der Waals surface area (Å²) in [5.41, 5.74) is 2.41. The van der Waals surface area contributed by atoms with Crippen LogP contribution in [0.2, 0.25) is 0 Å². The summed E-state index contributed by atoms with van der Waals surface area (Å²) in [6.07, 6.45) is 0. The average Bonchev–Trinajstić information content (AvgIpc) is 3.06. The van der Waals surface area contributed by atoms with Crippen LogP contribution in [0.5, 0.6) is 0 Å². The molecule has 27 heavy (non-hydrogen) atoms. The zero-order chi connectivity index (χ0) is 19.1. The highest BCUT2D eigenvalue weighted by Gasteiger charge is 2.24. The molecule has 8 heteroatoms. The van der Waals surface area contributed by atoms with Crippen molar-refractivity contribution < 1.29 is 4.74 Å². The predicted molar refractivity (Wildman–Crippen MR) is 104 cm³/mol. The van der Waals surface area contributed by atoms with Crippen molar-refractivity contribution in [3.8, 4) is 0 Å². The van der Waals surface area contributed by atoms with Crippen LogP contribution in [-0.4, -0.2) is 45.0 Å². The molecular weight excluding hydrogens is 346 g/mol. The Morgan fingerprint density at radius 3 is 2.37 bits per heavy atom. The maximum Gasteiger partial charge on any atom is 0.332 e. The Hall–Kier alpha value is -2.87. The van der Waals surface area contributed by atoms with Gasteiger partial charge in [0.25, 0.3) is 5.56 Å². The fourth-order valence-corrected chi connectivity index (χ4v) is 3.47. The maximum atomic E-state index is 12.9. The number of nitrogens with zero attached hydrogens (tertiary/aromatic N) is 5. The molecule has 142 valence electrons. The first-order valence-electron chi connectivity index (χ1n) is 9.02. The molecule has 0 N–H and O–H groups in total. The number of imidazole rings is 1. The van der Waals surface area contributed by atoms with Gasteiger partial charge in [0.1, 0.15) is 0 Å². The van der Waals surface area contributed by atoms with Crippen molar-refractivity contribution in [2.24, 2.45) is 14.1 Å². The third-order valence-electron chi connectivity index (χ3n) is 5.08. The average molecular weight is 369 g/mol. The lowest BCUT2D eigenvalue weighted by atomic mass is 10.1. The van der Waals surface area contributed by atoms with Crippen LogP contribution in [0.4, 0.5) is 5.95 Å². The van der Waals surface area contributed by atoms with Gasteiger partial charge >= 0.3 is 5.69 Å². The van der Waals surface area contributed by atoms with Crippen molar-refractivity contribution in [3.63, 3.8) is 0 Å². The molecule has 0 radical (unpaired) electrons. The summed E-state index contributed by atoms with van der Waals surface area (Å²) in [5.74, 6) is 0.701. The first-order chi connectivity index (χ1) is 13.0. The predicted octanol–water partition coefficient (Wildman–Crippen LogP) is 0.627. The van der Waals surface area contributed by atoms with Crippen LogP contribution < -0.4 is 16.1 Å². The summed E-state index contributed by atoms with van der Waals surface area (Å²) in [5, 5.41) is 0. The third-order valence-corrected chi connectivity index (χ3v) is 5.08. The number of anilines is 1. The molecule has 3 aromatic rings. The summed E-state index contributed by atoms with van der Waals surface area (Å²) in [4.78, 5) is 32.1. The number of hydrogen-bond donors (Lipinski definition) is 0. The molecule has 0 spiro atoms. The van der Waals surface area contributed by atoms with E-state index in [9.17, 15) is 9.59 Å². The van der Waals surface area contributed by atoms with Crippen LogP contribution in [0.3, 0.4) is 0 Å². The van der Waals surface area contributed by atoms with E-state index in [1.54, 1.807) is 7.05 Å². The van der Waals surface area contributed by atoms with E-state index in [4.69, 9.17) is 9.72 Å². The van der Waals surface area contributed by atoms with E-state index in [0.29, 0.717) is 50.0 Å². The van der Waals surface area contributed by atoms with Gasteiger partial charge in [0.15, 0.2) is 11.2 Å². The first kappa shape index (κ1) is 17.5. The summed E-state index contributed by atoms with van der Waals surface area (Å²) >= 11 is 0. The lowest BCUT2D eigenvalue weighted by Crippen LogP contribution is -2.38. The van der Waals surface area contributed by atoms with E-state index in [2.05, 4.69) is 29.2 Å². The minimum atomic E-state index is -0.374. The van der Waals surface area contributed by atoms with E-state index >= 15 is 0 Å². The topological polar surface area (TPSA) is 74.3 Å². The lowest BCUT2D eigenvalue weighted by Gasteiger charge is -2.28. The van der Waals surface area contributed by atoms with Gasteiger partial charge in [0.2, 0.25) is 5.95 Å². The Kier molecular flexibility index (Phi) is 4.35. The SMILES string of the molecule is Cc1ccc(Cn2c(N3CCOCC3)nc3c2c(=O)n(C)c(=O)n3C)cc1. The van der Waals surface area contributed by atoms with Gasteiger partial charge in [0.05, 0.1) is 19.8 Å². The van der Waals surface area contributed by atoms with E-state index in [-0.39, 0.29) is 11.2 Å². The smallest absolute Gasteiger partial charge is 0.332 e. The number of aryl methyl sites for hydroxylation is 2. The highest BCUT2D eigenvalue weighted by Crippen LogP contribution is 2.22. The molecule has 1 fully saturated rings. The van der Waals surface area contributed by atoms with E-state index in [1.165, 1.54) is 17.2 Å². The first-order valence-corrected chi connectivity index (χ1v) is 9.02. The van der Waals surface area contributed by atoms with Crippen molar-refractivity contribution in [3.05, 3.63) is 56.2 Å². The molecule has 1 aliphatic rings. The molecule has 8 nitrogen and oxygen atoms in total. The second-order valence-corrected chi connectivity index (χ2v) is 6.96. The molecule has 1 aliphatic heterocycles. The molecule has 0 atom stereocenters. The molecule has 4 rings (SSSR count). The van der Waals surface area contributed by atoms with Gasteiger partial charge in [-0.05, 0) is 12.5 Å². The summed E-state index contributed by atoms with van der Waals surface area (Å²) in [6.45, 7) is 5.18. The minimum Gasteiger partial charge on any atom is -0.378 e. The van der Waals surface area contributed by atoms with Crippen LogP contribution in [0.15, 0.2) is 33.9 Å². The molecule has 0 bridgehead atoms. The van der Waals surface area contributed by atoms with Gasteiger partial charge in [-0.3, -0.25) is 18.5 Å². The van der Waals surface area contributed by atoms with Crippen molar-refractivity contribution in [1.82, 2.24) is 18.7 Å². The van der Waals surface area contributed by atoms with Gasteiger partial charge in [0, 0.05) is 27.2 Å². The van der Waals surface area contributed by atoms with Crippen molar-refractivity contribution in [2.75, 3.05) is 31.2 Å². The van der Waals surface area contributed by atoms with Gasteiger partial charge in [-0.15, -0.1) is 0 Å². The second-order valence-electron chi connectivity index (χ2n) is 6.96. The zero-order valence-electron chi connectivity index (χ0n) is 15.8. The fourth-order valence-electron chi connectivity index (χ4n) is 3.47. The Bertz CT molecular complexity index is 1100. The third kappa shape index (κ3) is 2.95. The summed E-state index contributed by atoms with van der Waals surface area (Å²) in [6, 6.07) is 8.21. The van der Waals surface area contributed by atoms with Crippen LogP contribution in [-0.2, 0) is 25.4 Å². The number of hydrogen-bond acceptors (Lipinski definition) is 5. The van der Waals surface area contributed by atoms with Crippen molar-refractivity contribution >= 4 is 17.1 Å². The van der Waals surface area contributed by atoms with Gasteiger partial charge < -0.3 is 9.64 Å². The largest absolute Gasteiger partial charge is 0.378 e. The summed E-state index contributed by atoms with van der Waals surface area (Å²) < 4.78 is 9.95. The second kappa shape index (κ2) is 6.70. The Morgan fingerprint density at radius 2 is 1.70 bits per heavy atom. The Balaban J connectivity index is 1.95. The van der Waals surface area contributed by atoms with Crippen LogP contribution in [0, 0.1) is 6.92 Å². The van der Waals surface area contributed by atoms with Crippen molar-refractivity contribution in [2.45, 2.75) is 13.5 Å². The molecule has 1 saturated heterocycles. The molecular formula is C19H23N5O3.